The smallest absolute Gasteiger partial charge is 0.271 e. The number of hydrogen-bond donors (Lipinski definition) is 2. The Morgan fingerprint density at radius 1 is 1.05 bits per heavy atom. The van der Waals surface area contributed by atoms with Crippen molar-refractivity contribution in [2.45, 2.75) is 6.92 Å². The molecule has 0 aromatic heterocycles. The van der Waals surface area contributed by atoms with Gasteiger partial charge >= 0.3 is 0 Å². The van der Waals surface area contributed by atoms with Gasteiger partial charge < -0.3 is 5.73 Å². The minimum Gasteiger partial charge on any atom is -0.399 e. The molecule has 19 heavy (non-hydrogen) atoms. The molecule has 0 aliphatic rings. The van der Waals surface area contributed by atoms with Crippen molar-refractivity contribution < 1.29 is 4.79 Å². The second-order valence-electron chi connectivity index (χ2n) is 4.13. The predicted octanol–water partition coefficient (Wildman–Crippen LogP) is 2.42. The first-order valence-electron chi connectivity index (χ1n) is 5.92. The van der Waals surface area contributed by atoms with E-state index in [4.69, 9.17) is 5.73 Å². The number of benzene rings is 2. The summed E-state index contributed by atoms with van der Waals surface area (Å²) in [6, 6.07) is 16.3. The fraction of sp³-hybridized carbons (Fsp3) is 0.0667. The lowest BCUT2D eigenvalue weighted by atomic mass is 10.1. The maximum Gasteiger partial charge on any atom is 0.271 e. The number of nitrogens with two attached hydrogens (primary N) is 1. The van der Waals surface area contributed by atoms with Gasteiger partial charge in [0.2, 0.25) is 0 Å². The third kappa shape index (κ3) is 3.42. The summed E-state index contributed by atoms with van der Waals surface area (Å²) in [5.74, 6) is -0.233. The van der Waals surface area contributed by atoms with Crippen LogP contribution in [0.25, 0.3) is 0 Å². The lowest BCUT2D eigenvalue weighted by molar-refractivity contribution is 0.0955. The van der Waals surface area contributed by atoms with Gasteiger partial charge in [0.25, 0.3) is 5.91 Å². The van der Waals surface area contributed by atoms with Crippen molar-refractivity contribution in [3.05, 3.63) is 65.7 Å². The van der Waals surface area contributed by atoms with E-state index in [1.54, 1.807) is 18.2 Å². The van der Waals surface area contributed by atoms with Gasteiger partial charge in [0, 0.05) is 11.3 Å². The molecule has 0 heterocycles. The Bertz CT molecular complexity index is 606. The van der Waals surface area contributed by atoms with Gasteiger partial charge in [-0.3, -0.25) is 4.79 Å². The molecule has 0 radical (unpaired) electrons. The third-order valence-electron chi connectivity index (χ3n) is 2.67. The summed E-state index contributed by atoms with van der Waals surface area (Å²) in [5.41, 5.74) is 11.1. The summed E-state index contributed by atoms with van der Waals surface area (Å²) >= 11 is 0. The van der Waals surface area contributed by atoms with Gasteiger partial charge in [-0.05, 0) is 36.8 Å². The molecule has 2 aromatic carbocycles. The number of nitrogens with zero attached hydrogens (tertiary/aromatic N) is 1. The largest absolute Gasteiger partial charge is 0.399 e. The van der Waals surface area contributed by atoms with E-state index in [9.17, 15) is 4.79 Å². The Morgan fingerprint density at radius 3 is 2.42 bits per heavy atom. The van der Waals surface area contributed by atoms with Crippen molar-refractivity contribution in [2.24, 2.45) is 5.10 Å². The molecule has 4 nitrogen and oxygen atoms in total. The molecule has 0 spiro atoms. The van der Waals surface area contributed by atoms with E-state index in [1.807, 2.05) is 43.3 Å². The standard InChI is InChI=1S/C15H15N3O/c1-11(13-8-5-9-14(16)10-13)17-18-15(19)12-6-3-2-4-7-12/h2-10H,16H2,1H3,(H,18,19). The molecular weight excluding hydrogens is 238 g/mol. The van der Waals surface area contributed by atoms with Gasteiger partial charge in [-0.1, -0.05) is 30.3 Å². The number of hydrogen-bond acceptors (Lipinski definition) is 3. The van der Waals surface area contributed by atoms with Crippen molar-refractivity contribution in [3.8, 4) is 0 Å². The van der Waals surface area contributed by atoms with Crippen LogP contribution in [0.5, 0.6) is 0 Å². The minimum atomic E-state index is -0.233. The lowest BCUT2D eigenvalue weighted by Crippen LogP contribution is -2.19. The van der Waals surface area contributed by atoms with Crippen LogP contribution in [0, 0.1) is 0 Å². The van der Waals surface area contributed by atoms with E-state index >= 15 is 0 Å². The molecule has 1 amide bonds. The maximum absolute atomic E-state index is 11.8. The van der Waals surface area contributed by atoms with Crippen molar-refractivity contribution in [1.29, 1.82) is 0 Å². The number of nitrogens with one attached hydrogen (secondary N) is 1. The van der Waals surface area contributed by atoms with Crippen LogP contribution < -0.4 is 11.2 Å². The molecule has 4 heteroatoms. The van der Waals surface area contributed by atoms with Gasteiger partial charge in [-0.25, -0.2) is 5.43 Å². The van der Waals surface area contributed by atoms with Crippen LogP contribution in [0.15, 0.2) is 59.7 Å². The molecule has 0 atom stereocenters. The zero-order chi connectivity index (χ0) is 13.7. The maximum atomic E-state index is 11.8. The fourth-order valence-corrected chi connectivity index (χ4v) is 1.62. The number of rotatable bonds is 3. The van der Waals surface area contributed by atoms with E-state index < -0.39 is 0 Å². The minimum absolute atomic E-state index is 0.233. The van der Waals surface area contributed by atoms with E-state index in [1.165, 1.54) is 0 Å². The first-order valence-corrected chi connectivity index (χ1v) is 5.92. The number of amides is 1. The highest BCUT2D eigenvalue weighted by Gasteiger charge is 2.03. The predicted molar refractivity (Wildman–Crippen MR) is 77.0 cm³/mol. The molecule has 0 saturated carbocycles. The summed E-state index contributed by atoms with van der Waals surface area (Å²) in [7, 11) is 0. The van der Waals surface area contributed by atoms with Crippen LogP contribution in [-0.4, -0.2) is 11.6 Å². The van der Waals surface area contributed by atoms with Crippen LogP contribution in [0.4, 0.5) is 5.69 Å². The molecule has 2 rings (SSSR count). The van der Waals surface area contributed by atoms with Gasteiger partial charge in [0.15, 0.2) is 0 Å². The number of carbonyl (C=O) groups is 1. The molecule has 0 saturated heterocycles. The van der Waals surface area contributed by atoms with Gasteiger partial charge in [-0.2, -0.15) is 5.10 Å². The Balaban J connectivity index is 2.09. The highest BCUT2D eigenvalue weighted by atomic mass is 16.2. The topological polar surface area (TPSA) is 67.5 Å². The quantitative estimate of drug-likeness (QED) is 0.501. The lowest BCUT2D eigenvalue weighted by Gasteiger charge is -2.03. The summed E-state index contributed by atoms with van der Waals surface area (Å²) in [6.45, 7) is 1.82. The van der Waals surface area contributed by atoms with E-state index in [2.05, 4.69) is 10.5 Å². The monoisotopic (exact) mass is 253 g/mol. The van der Waals surface area contributed by atoms with Gasteiger partial charge in [0.1, 0.15) is 0 Å². The first-order chi connectivity index (χ1) is 9.16. The second-order valence-corrected chi connectivity index (χ2v) is 4.13. The molecule has 0 aliphatic heterocycles. The molecule has 0 unspecified atom stereocenters. The average Bonchev–Trinajstić information content (AvgIpc) is 2.45. The number of nitrogen functional groups attached to an aromatic ring is 1. The summed E-state index contributed by atoms with van der Waals surface area (Å²) in [6.07, 6.45) is 0. The summed E-state index contributed by atoms with van der Waals surface area (Å²) < 4.78 is 0. The Morgan fingerprint density at radius 2 is 1.74 bits per heavy atom. The van der Waals surface area contributed by atoms with Crippen LogP contribution in [0.3, 0.4) is 0 Å². The van der Waals surface area contributed by atoms with Crippen LogP contribution in [-0.2, 0) is 0 Å². The van der Waals surface area contributed by atoms with Crippen LogP contribution >= 0.6 is 0 Å². The fourth-order valence-electron chi connectivity index (χ4n) is 1.62. The highest BCUT2D eigenvalue weighted by molar-refractivity contribution is 6.01. The third-order valence-corrected chi connectivity index (χ3v) is 2.67. The van der Waals surface area contributed by atoms with Gasteiger partial charge in [0.05, 0.1) is 5.71 Å². The molecule has 2 aromatic rings. The van der Waals surface area contributed by atoms with Crippen molar-refractivity contribution >= 4 is 17.3 Å². The second kappa shape index (κ2) is 5.82. The van der Waals surface area contributed by atoms with E-state index in [-0.39, 0.29) is 5.91 Å². The zero-order valence-electron chi connectivity index (χ0n) is 10.6. The normalized spacial score (nSPS) is 11.1. The average molecular weight is 253 g/mol. The number of carbonyl (C=O) groups excluding carboxylic acids is 1. The Labute approximate surface area is 112 Å². The van der Waals surface area contributed by atoms with Crippen LogP contribution in [0.2, 0.25) is 0 Å². The van der Waals surface area contributed by atoms with Crippen molar-refractivity contribution in [3.63, 3.8) is 0 Å². The van der Waals surface area contributed by atoms with Crippen LogP contribution in [0.1, 0.15) is 22.8 Å². The molecule has 3 N–H and O–H groups in total. The Kier molecular flexibility index (Phi) is 3.93. The number of hydrazone groups is 1. The number of anilines is 1. The summed E-state index contributed by atoms with van der Waals surface area (Å²) in [5, 5.41) is 4.07. The van der Waals surface area contributed by atoms with E-state index in [0.29, 0.717) is 17.0 Å². The molecule has 0 fully saturated rings. The molecule has 96 valence electrons. The van der Waals surface area contributed by atoms with Crippen molar-refractivity contribution in [2.75, 3.05) is 5.73 Å². The highest BCUT2D eigenvalue weighted by Crippen LogP contribution is 2.07. The van der Waals surface area contributed by atoms with Crippen molar-refractivity contribution in [1.82, 2.24) is 5.43 Å². The SMILES string of the molecule is CC(=NNC(=O)c1ccccc1)c1cccc(N)c1. The Hall–Kier alpha value is -2.62. The summed E-state index contributed by atoms with van der Waals surface area (Å²) in [4.78, 5) is 11.8. The first kappa shape index (κ1) is 12.8. The molecule has 0 bridgehead atoms. The van der Waals surface area contributed by atoms with Gasteiger partial charge in [-0.15, -0.1) is 0 Å². The molecule has 0 aliphatic carbocycles. The zero-order valence-corrected chi connectivity index (χ0v) is 10.6. The van der Waals surface area contributed by atoms with E-state index in [0.717, 1.165) is 5.56 Å². The molecular formula is C15H15N3O.